The highest BCUT2D eigenvalue weighted by atomic mass is 16.7. The van der Waals surface area contributed by atoms with Crippen molar-refractivity contribution in [3.8, 4) is 17.2 Å². The van der Waals surface area contributed by atoms with Gasteiger partial charge in [-0.1, -0.05) is 12.1 Å². The second-order valence-electron chi connectivity index (χ2n) is 11.6. The van der Waals surface area contributed by atoms with E-state index < -0.39 is 88.6 Å². The molecule has 13 nitrogen and oxygen atoms in total. The predicted molar refractivity (Wildman–Crippen MR) is 155 cm³/mol. The molecule has 1 saturated heterocycles. The summed E-state index contributed by atoms with van der Waals surface area (Å²) < 4.78 is 22.1. The minimum absolute atomic E-state index is 0.0157. The van der Waals surface area contributed by atoms with Crippen LogP contribution in [-0.2, 0) is 30.2 Å². The predicted octanol–water partition coefficient (Wildman–Crippen LogP) is 1.74. The van der Waals surface area contributed by atoms with Crippen LogP contribution in [-0.4, -0.2) is 88.1 Å². The first-order valence-corrected chi connectivity index (χ1v) is 14.3. The van der Waals surface area contributed by atoms with E-state index in [1.807, 2.05) is 0 Å². The Hall–Kier alpha value is -4.30. The van der Waals surface area contributed by atoms with E-state index in [1.54, 1.807) is 13.8 Å². The number of aromatic hydroxyl groups is 2. The molecule has 5 rings (SSSR count). The summed E-state index contributed by atoms with van der Waals surface area (Å²) in [6.07, 6.45) is -3.81. The van der Waals surface area contributed by atoms with Crippen molar-refractivity contribution in [2.45, 2.75) is 76.3 Å². The molecule has 5 N–H and O–H groups in total. The lowest BCUT2D eigenvalue weighted by atomic mass is 9.72. The van der Waals surface area contributed by atoms with Crippen LogP contribution in [0.1, 0.15) is 82.7 Å². The van der Waals surface area contributed by atoms with Crippen LogP contribution < -0.4 is 10.1 Å². The van der Waals surface area contributed by atoms with Crippen LogP contribution in [0.2, 0.25) is 0 Å². The average Bonchev–Trinajstić information content (AvgIpc) is 2.99. The highest BCUT2D eigenvalue weighted by molar-refractivity contribution is 6.31. The van der Waals surface area contributed by atoms with Gasteiger partial charge in [0.25, 0.3) is 0 Å². The number of phenols is 2. The molecule has 0 amide bonds. The number of nitrogens with one attached hydrogen (secondary N) is 1. The number of carbonyl (C=O) groups is 4. The maximum Gasteiger partial charge on any atom is 0.332 e. The monoisotopic (exact) mass is 625 g/mol. The molecule has 0 spiro atoms. The molecule has 240 valence electrons. The quantitative estimate of drug-likeness (QED) is 0.145. The Balaban J connectivity index is 1.58. The SMILES string of the molecule is COC(=O)C=C(C)NC1CC(OC2C[C@](O)(C(C)=O)Cc3c(O)c4c(c(O)c32)C(=O)c2c(OC)cccc2C4=O)OC(C)C1O. The summed E-state index contributed by atoms with van der Waals surface area (Å²) >= 11 is 0. The Morgan fingerprint density at radius 2 is 1.76 bits per heavy atom. The molecule has 1 aliphatic heterocycles. The van der Waals surface area contributed by atoms with Crippen LogP contribution in [0, 0.1) is 0 Å². The molecule has 0 bridgehead atoms. The molecule has 13 heteroatoms. The minimum atomic E-state index is -2.06. The number of carbonyl (C=O) groups excluding carboxylic acids is 4. The van der Waals surface area contributed by atoms with Crippen LogP contribution in [0.15, 0.2) is 30.0 Å². The van der Waals surface area contributed by atoms with Gasteiger partial charge in [0.05, 0.1) is 49.2 Å². The van der Waals surface area contributed by atoms with Gasteiger partial charge in [0.15, 0.2) is 17.9 Å². The zero-order chi connectivity index (χ0) is 33.0. The second-order valence-corrected chi connectivity index (χ2v) is 11.6. The molecule has 6 atom stereocenters. The molecule has 0 radical (unpaired) electrons. The molecule has 0 saturated carbocycles. The largest absolute Gasteiger partial charge is 0.507 e. The van der Waals surface area contributed by atoms with E-state index in [9.17, 15) is 39.6 Å². The van der Waals surface area contributed by atoms with Crippen LogP contribution >= 0.6 is 0 Å². The fourth-order valence-electron chi connectivity index (χ4n) is 6.34. The summed E-state index contributed by atoms with van der Waals surface area (Å²) in [6.45, 7) is 4.38. The number of ketones is 3. The van der Waals surface area contributed by atoms with Crippen molar-refractivity contribution in [2.75, 3.05) is 14.2 Å². The summed E-state index contributed by atoms with van der Waals surface area (Å²) in [4.78, 5) is 51.8. The van der Waals surface area contributed by atoms with Crippen molar-refractivity contribution >= 4 is 23.3 Å². The van der Waals surface area contributed by atoms with E-state index in [0.717, 1.165) is 0 Å². The first kappa shape index (κ1) is 32.1. The maximum absolute atomic E-state index is 13.8. The molecule has 45 heavy (non-hydrogen) atoms. The molecule has 2 aliphatic carbocycles. The Morgan fingerprint density at radius 1 is 1.07 bits per heavy atom. The number of phenolic OH excluding ortho intramolecular Hbond substituents is 2. The number of aliphatic hydroxyl groups is 2. The van der Waals surface area contributed by atoms with Gasteiger partial charge in [-0.15, -0.1) is 0 Å². The van der Waals surface area contributed by atoms with Crippen molar-refractivity contribution in [3.05, 3.63) is 63.4 Å². The van der Waals surface area contributed by atoms with Crippen molar-refractivity contribution in [1.29, 1.82) is 0 Å². The van der Waals surface area contributed by atoms with E-state index in [4.69, 9.17) is 14.2 Å². The molecule has 5 unspecified atom stereocenters. The second kappa shape index (κ2) is 11.9. The van der Waals surface area contributed by atoms with Crippen LogP contribution in [0.4, 0.5) is 0 Å². The van der Waals surface area contributed by atoms with E-state index >= 15 is 0 Å². The number of hydrogen-bond acceptors (Lipinski definition) is 13. The Kier molecular flexibility index (Phi) is 8.49. The van der Waals surface area contributed by atoms with Gasteiger partial charge in [-0.3, -0.25) is 14.4 Å². The molecular weight excluding hydrogens is 590 g/mol. The number of hydrogen-bond donors (Lipinski definition) is 5. The standard InChI is InChI=1S/C32H35NO12/c1-13(9-21(35)43-5)33-18-10-22(44-14(2)27(18)36)45-20-12-32(41,15(3)34)11-17-24(20)31(40)26-25(29(17)38)28(37)16-7-6-8-19(42-4)23(16)30(26)39/h6-9,14,18,20,22,27,33,36,38,40-41H,10-12H2,1-5H3/t14?,18?,20?,22?,27?,32-/m0/s1. The number of allylic oxidation sites excluding steroid dienone is 1. The van der Waals surface area contributed by atoms with Crippen molar-refractivity contribution in [2.24, 2.45) is 0 Å². The highest BCUT2D eigenvalue weighted by Crippen LogP contribution is 2.52. The highest BCUT2D eigenvalue weighted by Gasteiger charge is 2.49. The number of aliphatic hydroxyl groups excluding tert-OH is 1. The zero-order valence-corrected chi connectivity index (χ0v) is 25.4. The number of esters is 1. The number of fused-ring (bicyclic) bond motifs is 3. The van der Waals surface area contributed by atoms with Crippen molar-refractivity contribution in [1.82, 2.24) is 5.32 Å². The summed E-state index contributed by atoms with van der Waals surface area (Å²) in [5, 5.41) is 48.3. The van der Waals surface area contributed by atoms with Gasteiger partial charge in [0.2, 0.25) is 5.78 Å². The molecule has 1 fully saturated rings. The summed E-state index contributed by atoms with van der Waals surface area (Å²) in [6, 6.07) is 3.73. The third-order valence-corrected chi connectivity index (χ3v) is 8.70. The Labute approximate surface area is 258 Å². The first-order chi connectivity index (χ1) is 21.2. The van der Waals surface area contributed by atoms with Crippen LogP contribution in [0.5, 0.6) is 17.2 Å². The van der Waals surface area contributed by atoms with E-state index in [1.165, 1.54) is 45.4 Å². The van der Waals surface area contributed by atoms with Gasteiger partial charge in [-0.25, -0.2) is 4.79 Å². The first-order valence-electron chi connectivity index (χ1n) is 14.3. The third kappa shape index (κ3) is 5.46. The topological polar surface area (TPSA) is 198 Å². The average molecular weight is 626 g/mol. The van der Waals surface area contributed by atoms with Crippen LogP contribution in [0.25, 0.3) is 0 Å². The number of Topliss-reactive ketones (excluding diaryl/α,β-unsaturated/α-hetero) is 1. The van der Waals surface area contributed by atoms with Gasteiger partial charge < -0.3 is 44.7 Å². The fourth-order valence-corrected chi connectivity index (χ4v) is 6.34. The molecule has 0 aromatic heterocycles. The van der Waals surface area contributed by atoms with Crippen molar-refractivity contribution in [3.63, 3.8) is 0 Å². The molecule has 2 aromatic rings. The zero-order valence-electron chi connectivity index (χ0n) is 25.4. The molecule has 3 aliphatic rings. The fraction of sp³-hybridized carbons (Fsp3) is 0.438. The molecule has 1 heterocycles. The van der Waals surface area contributed by atoms with E-state index in [-0.39, 0.29) is 40.8 Å². The molecule has 2 aromatic carbocycles. The van der Waals surface area contributed by atoms with Gasteiger partial charge in [0.1, 0.15) is 29.0 Å². The van der Waals surface area contributed by atoms with E-state index in [2.05, 4.69) is 10.1 Å². The number of methoxy groups -OCH3 is 2. The number of ether oxygens (including phenoxy) is 4. The normalized spacial score (nSPS) is 27.6. The Bertz CT molecular complexity index is 1630. The summed E-state index contributed by atoms with van der Waals surface area (Å²) in [5.41, 5.74) is -2.88. The third-order valence-electron chi connectivity index (χ3n) is 8.70. The van der Waals surface area contributed by atoms with Gasteiger partial charge in [-0.05, 0) is 26.8 Å². The summed E-state index contributed by atoms with van der Waals surface area (Å²) in [7, 11) is 2.56. The minimum Gasteiger partial charge on any atom is -0.507 e. The van der Waals surface area contributed by atoms with Gasteiger partial charge >= 0.3 is 5.97 Å². The summed E-state index contributed by atoms with van der Waals surface area (Å²) in [5.74, 6) is -3.95. The maximum atomic E-state index is 13.8. The van der Waals surface area contributed by atoms with Crippen molar-refractivity contribution < 1.29 is 58.6 Å². The Morgan fingerprint density at radius 3 is 2.40 bits per heavy atom. The lowest BCUT2D eigenvalue weighted by Crippen LogP contribution is -2.54. The smallest absolute Gasteiger partial charge is 0.332 e. The lowest BCUT2D eigenvalue weighted by molar-refractivity contribution is -0.249. The van der Waals surface area contributed by atoms with Crippen LogP contribution in [0.3, 0.4) is 0 Å². The number of rotatable bonds is 7. The van der Waals surface area contributed by atoms with Gasteiger partial charge in [-0.2, -0.15) is 0 Å². The lowest BCUT2D eigenvalue weighted by Gasteiger charge is -2.43. The molecular formula is C32H35NO12. The van der Waals surface area contributed by atoms with E-state index in [0.29, 0.717) is 5.70 Å². The van der Waals surface area contributed by atoms with Gasteiger partial charge in [0, 0.05) is 47.7 Å². The number of benzene rings is 2.